The number of hydrogen-bond donors (Lipinski definition) is 0. The summed E-state index contributed by atoms with van der Waals surface area (Å²) in [5.41, 5.74) is 0. The van der Waals surface area contributed by atoms with Gasteiger partial charge in [-0.2, -0.15) is 0 Å². The molecule has 1 aliphatic heterocycles. The van der Waals surface area contributed by atoms with Crippen LogP contribution in [0, 0.1) is 6.92 Å². The molecule has 23 heavy (non-hydrogen) atoms. The first-order valence-corrected chi connectivity index (χ1v) is 8.69. The number of likely N-dealkylation sites (tertiary alicyclic amines) is 1. The zero-order valence-corrected chi connectivity index (χ0v) is 14.5. The molecule has 130 valence electrons. The van der Waals surface area contributed by atoms with E-state index in [0.29, 0.717) is 19.8 Å². The molecule has 0 unspecified atom stereocenters. The topological polar surface area (TPSA) is 51.9 Å². The summed E-state index contributed by atoms with van der Waals surface area (Å²) in [4.78, 5) is 14.8. The molecule has 2 rings (SSSR count). The lowest BCUT2D eigenvalue weighted by Gasteiger charge is -2.31. The van der Waals surface area contributed by atoms with Crippen molar-refractivity contribution in [2.24, 2.45) is 0 Å². The Morgan fingerprint density at radius 1 is 1.35 bits per heavy atom. The van der Waals surface area contributed by atoms with E-state index in [2.05, 4.69) is 0 Å². The summed E-state index contributed by atoms with van der Waals surface area (Å²) in [5.74, 6) is 1.82. The second-order valence-electron chi connectivity index (χ2n) is 6.06. The zero-order valence-electron chi connectivity index (χ0n) is 14.5. The number of amides is 1. The molecule has 0 radical (unpaired) electrons. The molecule has 1 aliphatic rings. The molecule has 5 heteroatoms. The average molecular weight is 323 g/mol. The lowest BCUT2D eigenvalue weighted by molar-refractivity contribution is -0.146. The third-order valence-corrected chi connectivity index (χ3v) is 4.27. The van der Waals surface area contributed by atoms with Gasteiger partial charge in [0, 0.05) is 13.2 Å². The first kappa shape index (κ1) is 18.0. The molecule has 0 bridgehead atoms. The molecular formula is C18H29NO4. The summed E-state index contributed by atoms with van der Waals surface area (Å²) in [6, 6.07) is 3.98. The van der Waals surface area contributed by atoms with Crippen molar-refractivity contribution in [3.63, 3.8) is 0 Å². The highest BCUT2D eigenvalue weighted by atomic mass is 16.5. The minimum atomic E-state index is -0.452. The standard InChI is InChI=1S/C18H29NO4/c1-4-21-12-13-22-15(3)18(20)19-11-7-5-6-8-16(19)17-10-9-14(2)23-17/h9-10,15-16H,4-8,11-13H2,1-3H3/t15-,16-/m1/s1. The predicted molar refractivity (Wildman–Crippen MR) is 88.3 cm³/mol. The maximum absolute atomic E-state index is 12.8. The van der Waals surface area contributed by atoms with Gasteiger partial charge in [-0.15, -0.1) is 0 Å². The maximum atomic E-state index is 12.8. The van der Waals surface area contributed by atoms with Gasteiger partial charge in [0.15, 0.2) is 0 Å². The highest BCUT2D eigenvalue weighted by molar-refractivity contribution is 5.81. The monoisotopic (exact) mass is 323 g/mol. The fourth-order valence-corrected chi connectivity index (χ4v) is 3.03. The number of hydrogen-bond acceptors (Lipinski definition) is 4. The van der Waals surface area contributed by atoms with E-state index in [4.69, 9.17) is 13.9 Å². The molecule has 1 fully saturated rings. The van der Waals surface area contributed by atoms with E-state index in [0.717, 1.165) is 43.7 Å². The summed E-state index contributed by atoms with van der Waals surface area (Å²) in [6.07, 6.45) is 3.80. The van der Waals surface area contributed by atoms with Gasteiger partial charge in [0.1, 0.15) is 17.6 Å². The summed E-state index contributed by atoms with van der Waals surface area (Å²) in [6.45, 7) is 8.10. The van der Waals surface area contributed by atoms with Crippen LogP contribution in [0.25, 0.3) is 0 Å². The number of carbonyl (C=O) groups is 1. The summed E-state index contributed by atoms with van der Waals surface area (Å²) < 4.78 is 16.7. The number of carbonyl (C=O) groups excluding carboxylic acids is 1. The molecule has 0 spiro atoms. The van der Waals surface area contributed by atoms with Crippen LogP contribution in [0.3, 0.4) is 0 Å². The van der Waals surface area contributed by atoms with Gasteiger partial charge in [0.25, 0.3) is 5.91 Å². The Morgan fingerprint density at radius 2 is 2.17 bits per heavy atom. The van der Waals surface area contributed by atoms with E-state index in [1.165, 1.54) is 0 Å². The Labute approximate surface area is 138 Å². The molecule has 1 aromatic rings. The molecule has 0 N–H and O–H groups in total. The van der Waals surface area contributed by atoms with Gasteiger partial charge < -0.3 is 18.8 Å². The fraction of sp³-hybridized carbons (Fsp3) is 0.722. The Bertz CT molecular complexity index is 485. The van der Waals surface area contributed by atoms with Gasteiger partial charge in [0.05, 0.1) is 19.3 Å². The summed E-state index contributed by atoms with van der Waals surface area (Å²) in [7, 11) is 0. The molecule has 0 aliphatic carbocycles. The Hall–Kier alpha value is -1.33. The number of aryl methyl sites for hydroxylation is 1. The van der Waals surface area contributed by atoms with E-state index < -0.39 is 6.10 Å². The third-order valence-electron chi connectivity index (χ3n) is 4.27. The molecule has 1 saturated heterocycles. The van der Waals surface area contributed by atoms with Crippen molar-refractivity contribution in [3.05, 3.63) is 23.7 Å². The number of ether oxygens (including phenoxy) is 2. The fourth-order valence-electron chi connectivity index (χ4n) is 3.03. The summed E-state index contributed by atoms with van der Waals surface area (Å²) >= 11 is 0. The van der Waals surface area contributed by atoms with Crippen LogP contribution in [0.1, 0.15) is 57.1 Å². The lowest BCUT2D eigenvalue weighted by Crippen LogP contribution is -2.41. The van der Waals surface area contributed by atoms with Gasteiger partial charge in [-0.25, -0.2) is 0 Å². The Kier molecular flexibility index (Phi) is 7.12. The van der Waals surface area contributed by atoms with E-state index in [1.54, 1.807) is 0 Å². The molecule has 2 atom stereocenters. The average Bonchev–Trinajstić information content (AvgIpc) is 2.83. The molecule has 0 aromatic carbocycles. The van der Waals surface area contributed by atoms with Crippen LogP contribution in [0.5, 0.6) is 0 Å². The van der Waals surface area contributed by atoms with Gasteiger partial charge in [-0.05, 0) is 45.7 Å². The first-order chi connectivity index (χ1) is 11.1. The third kappa shape index (κ3) is 5.08. The Morgan fingerprint density at radius 3 is 2.87 bits per heavy atom. The molecule has 1 aromatic heterocycles. The molecule has 2 heterocycles. The van der Waals surface area contributed by atoms with Crippen LogP contribution < -0.4 is 0 Å². The highest BCUT2D eigenvalue weighted by Crippen LogP contribution is 2.31. The van der Waals surface area contributed by atoms with Crippen LogP contribution >= 0.6 is 0 Å². The van der Waals surface area contributed by atoms with Crippen LogP contribution in [0.2, 0.25) is 0 Å². The molecule has 0 saturated carbocycles. The predicted octanol–water partition coefficient (Wildman–Crippen LogP) is 3.47. The lowest BCUT2D eigenvalue weighted by atomic mass is 10.1. The van der Waals surface area contributed by atoms with Gasteiger partial charge in [0.2, 0.25) is 0 Å². The quantitative estimate of drug-likeness (QED) is 0.721. The largest absolute Gasteiger partial charge is 0.464 e. The van der Waals surface area contributed by atoms with Crippen molar-refractivity contribution in [2.75, 3.05) is 26.4 Å². The minimum Gasteiger partial charge on any atom is -0.464 e. The second-order valence-corrected chi connectivity index (χ2v) is 6.06. The van der Waals surface area contributed by atoms with Gasteiger partial charge in [-0.3, -0.25) is 4.79 Å². The van der Waals surface area contributed by atoms with Crippen molar-refractivity contribution in [1.29, 1.82) is 0 Å². The number of nitrogens with zero attached hydrogens (tertiary/aromatic N) is 1. The van der Waals surface area contributed by atoms with Crippen molar-refractivity contribution >= 4 is 5.91 Å². The molecule has 1 amide bonds. The number of furan rings is 1. The minimum absolute atomic E-state index is 0.0247. The van der Waals surface area contributed by atoms with E-state index in [-0.39, 0.29) is 11.9 Å². The van der Waals surface area contributed by atoms with Gasteiger partial charge in [-0.1, -0.05) is 12.8 Å². The van der Waals surface area contributed by atoms with Crippen molar-refractivity contribution in [1.82, 2.24) is 4.90 Å². The molecular weight excluding hydrogens is 294 g/mol. The normalized spacial score (nSPS) is 20.3. The summed E-state index contributed by atoms with van der Waals surface area (Å²) in [5, 5.41) is 0. The number of rotatable bonds is 7. The van der Waals surface area contributed by atoms with Crippen LogP contribution in [-0.4, -0.2) is 43.3 Å². The van der Waals surface area contributed by atoms with Crippen LogP contribution in [-0.2, 0) is 14.3 Å². The van der Waals surface area contributed by atoms with E-state index in [9.17, 15) is 4.79 Å². The highest BCUT2D eigenvalue weighted by Gasteiger charge is 2.31. The molecule has 5 nitrogen and oxygen atoms in total. The van der Waals surface area contributed by atoms with Gasteiger partial charge >= 0.3 is 0 Å². The van der Waals surface area contributed by atoms with Crippen LogP contribution in [0.4, 0.5) is 0 Å². The zero-order chi connectivity index (χ0) is 16.7. The second kappa shape index (κ2) is 9.08. The van der Waals surface area contributed by atoms with Crippen LogP contribution in [0.15, 0.2) is 16.5 Å². The van der Waals surface area contributed by atoms with E-state index in [1.807, 2.05) is 37.8 Å². The first-order valence-electron chi connectivity index (χ1n) is 8.69. The maximum Gasteiger partial charge on any atom is 0.252 e. The SMILES string of the molecule is CCOCCO[C@H](C)C(=O)N1CCCCC[C@@H]1c1ccc(C)o1. The van der Waals surface area contributed by atoms with Crippen molar-refractivity contribution in [3.8, 4) is 0 Å². The van der Waals surface area contributed by atoms with Crippen molar-refractivity contribution in [2.45, 2.75) is 58.6 Å². The van der Waals surface area contributed by atoms with E-state index >= 15 is 0 Å². The smallest absolute Gasteiger partial charge is 0.252 e. The Balaban J connectivity index is 2.01. The van der Waals surface area contributed by atoms with Crippen molar-refractivity contribution < 1.29 is 18.7 Å².